The molecule has 1 heterocycles. The summed E-state index contributed by atoms with van der Waals surface area (Å²) in [5.74, 6) is -0.202. The van der Waals surface area contributed by atoms with Crippen LogP contribution in [0.3, 0.4) is 0 Å². The fourth-order valence-electron chi connectivity index (χ4n) is 1.49. The van der Waals surface area contributed by atoms with Crippen molar-refractivity contribution in [1.82, 2.24) is 4.90 Å². The summed E-state index contributed by atoms with van der Waals surface area (Å²) in [7, 11) is 1.64. The zero-order valence-electron chi connectivity index (χ0n) is 8.32. The van der Waals surface area contributed by atoms with Gasteiger partial charge in [-0.05, 0) is 25.3 Å². The summed E-state index contributed by atoms with van der Waals surface area (Å²) in [6.45, 7) is 1.80. The van der Waals surface area contributed by atoms with Gasteiger partial charge < -0.3 is 9.64 Å². The molecule has 4 heteroatoms. The summed E-state index contributed by atoms with van der Waals surface area (Å²) < 4.78 is 5.23. The van der Waals surface area contributed by atoms with Gasteiger partial charge in [0.1, 0.15) is 0 Å². The molecule has 0 N–H and O–H groups in total. The van der Waals surface area contributed by atoms with Gasteiger partial charge in [0.05, 0.1) is 5.92 Å². The molecule has 0 spiro atoms. The molecule has 2 aliphatic rings. The fourth-order valence-corrected chi connectivity index (χ4v) is 1.49. The van der Waals surface area contributed by atoms with Crippen LogP contribution in [-0.2, 0) is 14.3 Å². The van der Waals surface area contributed by atoms with E-state index in [1.165, 1.54) is 11.0 Å². The first-order valence-electron chi connectivity index (χ1n) is 4.75. The van der Waals surface area contributed by atoms with E-state index in [2.05, 4.69) is 0 Å². The fraction of sp³-hybridized carbons (Fsp3) is 0.600. The van der Waals surface area contributed by atoms with Crippen molar-refractivity contribution in [2.24, 2.45) is 5.92 Å². The standard InChI is InChI=1S/C10H13NO3/c1-6-5-8(12)11(2)9(6)14-10(13)7-3-4-7/h5,7,9H,3-4H2,1-2H3. The Bertz CT molecular complexity index is 317. The zero-order valence-corrected chi connectivity index (χ0v) is 8.32. The Balaban J connectivity index is 2.00. The Morgan fingerprint density at radius 1 is 1.57 bits per heavy atom. The third-order valence-corrected chi connectivity index (χ3v) is 2.58. The first-order valence-corrected chi connectivity index (χ1v) is 4.75. The van der Waals surface area contributed by atoms with Gasteiger partial charge in [0.15, 0.2) is 6.23 Å². The monoisotopic (exact) mass is 195 g/mol. The minimum atomic E-state index is -0.476. The molecule has 0 aromatic carbocycles. The smallest absolute Gasteiger partial charge is 0.311 e. The summed E-state index contributed by atoms with van der Waals surface area (Å²) in [6.07, 6.45) is 2.87. The van der Waals surface area contributed by atoms with Gasteiger partial charge >= 0.3 is 5.97 Å². The first kappa shape index (κ1) is 9.24. The minimum Gasteiger partial charge on any atom is -0.437 e. The van der Waals surface area contributed by atoms with Crippen LogP contribution in [0.15, 0.2) is 11.6 Å². The van der Waals surface area contributed by atoms with E-state index in [0.29, 0.717) is 0 Å². The van der Waals surface area contributed by atoms with Crippen molar-refractivity contribution in [3.05, 3.63) is 11.6 Å². The summed E-state index contributed by atoms with van der Waals surface area (Å²) in [6, 6.07) is 0. The molecule has 1 aliphatic heterocycles. The summed E-state index contributed by atoms with van der Waals surface area (Å²) >= 11 is 0. The first-order chi connectivity index (χ1) is 6.59. The number of likely N-dealkylation sites (N-methyl/N-ethyl adjacent to an activating group) is 1. The average molecular weight is 195 g/mol. The SMILES string of the molecule is CC1=CC(=O)N(C)C1OC(=O)C1CC1. The van der Waals surface area contributed by atoms with E-state index in [9.17, 15) is 9.59 Å². The number of carbonyl (C=O) groups is 2. The molecule has 1 saturated carbocycles. The zero-order chi connectivity index (χ0) is 10.3. The van der Waals surface area contributed by atoms with Gasteiger partial charge in [0.2, 0.25) is 5.91 Å². The molecule has 0 aromatic heterocycles. The molecule has 0 radical (unpaired) electrons. The highest BCUT2D eigenvalue weighted by molar-refractivity contribution is 5.91. The van der Waals surface area contributed by atoms with Crippen molar-refractivity contribution < 1.29 is 14.3 Å². The van der Waals surface area contributed by atoms with Crippen LogP contribution in [0, 0.1) is 5.92 Å². The van der Waals surface area contributed by atoms with E-state index >= 15 is 0 Å². The molecule has 1 amide bonds. The molecule has 1 atom stereocenters. The highest BCUT2D eigenvalue weighted by Crippen LogP contribution is 2.32. The number of ether oxygens (including phenoxy) is 1. The van der Waals surface area contributed by atoms with Gasteiger partial charge in [-0.2, -0.15) is 0 Å². The lowest BCUT2D eigenvalue weighted by atomic mass is 10.3. The Labute approximate surface area is 82.5 Å². The predicted molar refractivity (Wildman–Crippen MR) is 49.1 cm³/mol. The molecule has 14 heavy (non-hydrogen) atoms. The second kappa shape index (κ2) is 3.12. The second-order valence-corrected chi connectivity index (χ2v) is 3.90. The Kier molecular flexibility index (Phi) is 2.06. The third kappa shape index (κ3) is 1.52. The second-order valence-electron chi connectivity index (χ2n) is 3.90. The highest BCUT2D eigenvalue weighted by Gasteiger charge is 2.36. The Morgan fingerprint density at radius 3 is 2.64 bits per heavy atom. The van der Waals surface area contributed by atoms with Gasteiger partial charge in [0, 0.05) is 13.1 Å². The van der Waals surface area contributed by atoms with Crippen LogP contribution in [-0.4, -0.2) is 30.1 Å². The van der Waals surface area contributed by atoms with Crippen LogP contribution in [0.1, 0.15) is 19.8 Å². The summed E-state index contributed by atoms with van der Waals surface area (Å²) in [4.78, 5) is 24.0. The largest absolute Gasteiger partial charge is 0.437 e. The van der Waals surface area contributed by atoms with Crippen molar-refractivity contribution in [3.8, 4) is 0 Å². The van der Waals surface area contributed by atoms with Crippen LogP contribution in [0.4, 0.5) is 0 Å². The van der Waals surface area contributed by atoms with Crippen molar-refractivity contribution >= 4 is 11.9 Å². The van der Waals surface area contributed by atoms with Crippen molar-refractivity contribution in [1.29, 1.82) is 0 Å². The van der Waals surface area contributed by atoms with E-state index in [1.54, 1.807) is 14.0 Å². The average Bonchev–Trinajstić information content (AvgIpc) is 2.91. The molecule has 0 bridgehead atoms. The maximum absolute atomic E-state index is 11.4. The van der Waals surface area contributed by atoms with E-state index in [-0.39, 0.29) is 17.8 Å². The molecule has 1 unspecified atom stereocenters. The lowest BCUT2D eigenvalue weighted by Gasteiger charge is -2.21. The Hall–Kier alpha value is -1.32. The van der Waals surface area contributed by atoms with Gasteiger partial charge in [-0.25, -0.2) is 0 Å². The topological polar surface area (TPSA) is 46.6 Å². The number of nitrogens with zero attached hydrogens (tertiary/aromatic N) is 1. The van der Waals surface area contributed by atoms with E-state index in [1.807, 2.05) is 0 Å². The van der Waals surface area contributed by atoms with Crippen molar-refractivity contribution in [2.45, 2.75) is 26.0 Å². The lowest BCUT2D eigenvalue weighted by Crippen LogP contribution is -2.35. The lowest BCUT2D eigenvalue weighted by molar-refractivity contribution is -0.157. The van der Waals surface area contributed by atoms with Crippen molar-refractivity contribution in [3.63, 3.8) is 0 Å². The van der Waals surface area contributed by atoms with Crippen LogP contribution < -0.4 is 0 Å². The number of rotatable bonds is 2. The number of amides is 1. The molecule has 1 fully saturated rings. The molecule has 76 valence electrons. The minimum absolute atomic E-state index is 0.0758. The molecule has 1 aliphatic carbocycles. The Morgan fingerprint density at radius 2 is 2.21 bits per heavy atom. The van der Waals surface area contributed by atoms with Crippen LogP contribution in [0.25, 0.3) is 0 Å². The van der Waals surface area contributed by atoms with E-state index < -0.39 is 6.23 Å². The van der Waals surface area contributed by atoms with Crippen LogP contribution in [0.5, 0.6) is 0 Å². The van der Waals surface area contributed by atoms with E-state index in [0.717, 1.165) is 18.4 Å². The maximum Gasteiger partial charge on any atom is 0.311 e. The van der Waals surface area contributed by atoms with Crippen LogP contribution >= 0.6 is 0 Å². The normalized spacial score (nSPS) is 26.4. The maximum atomic E-state index is 11.4. The molecule has 0 saturated heterocycles. The third-order valence-electron chi connectivity index (χ3n) is 2.58. The highest BCUT2D eigenvalue weighted by atomic mass is 16.6. The van der Waals surface area contributed by atoms with Gasteiger partial charge in [-0.3, -0.25) is 9.59 Å². The van der Waals surface area contributed by atoms with E-state index in [4.69, 9.17) is 4.74 Å². The molecule has 4 nitrogen and oxygen atoms in total. The predicted octanol–water partition coefficient (Wildman–Crippen LogP) is 0.684. The van der Waals surface area contributed by atoms with Crippen LogP contribution in [0.2, 0.25) is 0 Å². The summed E-state index contributed by atoms with van der Waals surface area (Å²) in [5.41, 5.74) is 0.798. The van der Waals surface area contributed by atoms with Crippen molar-refractivity contribution in [2.75, 3.05) is 7.05 Å². The molecular weight excluding hydrogens is 182 g/mol. The van der Waals surface area contributed by atoms with Gasteiger partial charge in [0.25, 0.3) is 0 Å². The van der Waals surface area contributed by atoms with Gasteiger partial charge in [-0.15, -0.1) is 0 Å². The number of esters is 1. The molecule has 0 aromatic rings. The molecular formula is C10H13NO3. The quantitative estimate of drug-likeness (QED) is 0.609. The number of hydrogen-bond acceptors (Lipinski definition) is 3. The molecule has 2 rings (SSSR count). The summed E-state index contributed by atoms with van der Waals surface area (Å²) in [5, 5.41) is 0. The van der Waals surface area contributed by atoms with Gasteiger partial charge in [-0.1, -0.05) is 0 Å². The number of hydrogen-bond donors (Lipinski definition) is 0. The number of carbonyl (C=O) groups excluding carboxylic acids is 2.